The van der Waals surface area contributed by atoms with E-state index >= 15 is 0 Å². The maximum absolute atomic E-state index is 12.5. The SMILES string of the molecule is COc1ccc([C@@H]2[C@H](C(=O)O)CC(=O)N2CCc2ccccc2)cc1. The summed E-state index contributed by atoms with van der Waals surface area (Å²) in [4.78, 5) is 25.8. The van der Waals surface area contributed by atoms with Gasteiger partial charge in [-0.3, -0.25) is 9.59 Å². The first kappa shape index (κ1) is 17.0. The molecule has 5 nitrogen and oxygen atoms in total. The van der Waals surface area contributed by atoms with Crippen LogP contribution in [0.1, 0.15) is 23.6 Å². The molecule has 0 bridgehead atoms. The average Bonchev–Trinajstić information content (AvgIpc) is 2.97. The van der Waals surface area contributed by atoms with Gasteiger partial charge in [0.2, 0.25) is 5.91 Å². The van der Waals surface area contributed by atoms with Crippen molar-refractivity contribution in [1.82, 2.24) is 4.90 Å². The highest BCUT2D eigenvalue weighted by molar-refractivity contribution is 5.87. The lowest BCUT2D eigenvalue weighted by Crippen LogP contribution is -2.32. The maximum atomic E-state index is 12.5. The molecule has 0 aliphatic carbocycles. The van der Waals surface area contributed by atoms with Crippen molar-refractivity contribution >= 4 is 11.9 Å². The van der Waals surface area contributed by atoms with Crippen LogP contribution >= 0.6 is 0 Å². The Morgan fingerprint density at radius 3 is 2.44 bits per heavy atom. The van der Waals surface area contributed by atoms with Crippen LogP contribution in [-0.2, 0) is 16.0 Å². The van der Waals surface area contributed by atoms with E-state index in [0.717, 1.165) is 11.1 Å². The van der Waals surface area contributed by atoms with E-state index in [1.165, 1.54) is 0 Å². The highest BCUT2D eigenvalue weighted by Crippen LogP contribution is 2.38. The lowest BCUT2D eigenvalue weighted by Gasteiger charge is -2.27. The Hall–Kier alpha value is -2.82. The summed E-state index contributed by atoms with van der Waals surface area (Å²) < 4.78 is 5.16. The fourth-order valence-electron chi connectivity index (χ4n) is 3.38. The Kier molecular flexibility index (Phi) is 5.03. The minimum absolute atomic E-state index is 0.0425. The minimum atomic E-state index is -0.934. The molecule has 3 rings (SSSR count). The molecule has 0 aromatic heterocycles. The minimum Gasteiger partial charge on any atom is -0.497 e. The molecule has 1 N–H and O–H groups in total. The molecule has 1 aliphatic heterocycles. The molecular formula is C20H21NO4. The molecule has 0 unspecified atom stereocenters. The van der Waals surface area contributed by atoms with Gasteiger partial charge in [0.05, 0.1) is 19.1 Å². The third-order valence-corrected chi connectivity index (χ3v) is 4.69. The largest absolute Gasteiger partial charge is 0.497 e. The first-order valence-corrected chi connectivity index (χ1v) is 8.30. The molecule has 1 amide bonds. The molecular weight excluding hydrogens is 318 g/mol. The molecule has 1 fully saturated rings. The Labute approximate surface area is 146 Å². The zero-order chi connectivity index (χ0) is 17.8. The monoisotopic (exact) mass is 339 g/mol. The fourth-order valence-corrected chi connectivity index (χ4v) is 3.38. The topological polar surface area (TPSA) is 66.8 Å². The van der Waals surface area contributed by atoms with Crippen molar-refractivity contribution < 1.29 is 19.4 Å². The quantitative estimate of drug-likeness (QED) is 0.879. The van der Waals surface area contributed by atoms with Crippen molar-refractivity contribution in [3.8, 4) is 5.75 Å². The van der Waals surface area contributed by atoms with Crippen molar-refractivity contribution in [3.05, 3.63) is 65.7 Å². The van der Waals surface area contributed by atoms with Crippen LogP contribution in [0.25, 0.3) is 0 Å². The van der Waals surface area contributed by atoms with Crippen LogP contribution in [0.2, 0.25) is 0 Å². The highest BCUT2D eigenvalue weighted by atomic mass is 16.5. The highest BCUT2D eigenvalue weighted by Gasteiger charge is 2.44. The van der Waals surface area contributed by atoms with E-state index in [1.54, 1.807) is 24.1 Å². The number of carbonyl (C=O) groups is 2. The Morgan fingerprint density at radius 2 is 1.84 bits per heavy atom. The van der Waals surface area contributed by atoms with Crippen molar-refractivity contribution in [2.75, 3.05) is 13.7 Å². The molecule has 130 valence electrons. The summed E-state index contributed by atoms with van der Waals surface area (Å²) in [6.07, 6.45) is 0.742. The maximum Gasteiger partial charge on any atom is 0.309 e. The Bertz CT molecular complexity index is 742. The van der Waals surface area contributed by atoms with Crippen molar-refractivity contribution in [3.63, 3.8) is 0 Å². The number of hydrogen-bond acceptors (Lipinski definition) is 3. The predicted octanol–water partition coefficient (Wildman–Crippen LogP) is 2.91. The third kappa shape index (κ3) is 3.65. The molecule has 25 heavy (non-hydrogen) atoms. The van der Waals surface area contributed by atoms with Crippen LogP contribution in [0.5, 0.6) is 5.75 Å². The lowest BCUT2D eigenvalue weighted by molar-refractivity contribution is -0.142. The second-order valence-corrected chi connectivity index (χ2v) is 6.19. The number of methoxy groups -OCH3 is 1. The van der Waals surface area contributed by atoms with Crippen LogP contribution in [0.4, 0.5) is 0 Å². The molecule has 5 heteroatoms. The van der Waals surface area contributed by atoms with Crippen LogP contribution < -0.4 is 4.74 Å². The van der Waals surface area contributed by atoms with Gasteiger partial charge in [-0.1, -0.05) is 42.5 Å². The number of nitrogens with zero attached hydrogens (tertiary/aromatic N) is 1. The molecule has 1 aliphatic rings. The number of hydrogen-bond donors (Lipinski definition) is 1. The van der Waals surface area contributed by atoms with E-state index in [2.05, 4.69) is 0 Å². The first-order valence-electron chi connectivity index (χ1n) is 8.30. The molecule has 1 heterocycles. The van der Waals surface area contributed by atoms with Gasteiger partial charge in [-0.2, -0.15) is 0 Å². The fraction of sp³-hybridized carbons (Fsp3) is 0.300. The summed E-state index contributed by atoms with van der Waals surface area (Å²) in [6, 6.07) is 16.7. The lowest BCUT2D eigenvalue weighted by atomic mass is 9.93. The van der Waals surface area contributed by atoms with Gasteiger partial charge >= 0.3 is 5.97 Å². The van der Waals surface area contributed by atoms with Crippen molar-refractivity contribution in [2.24, 2.45) is 5.92 Å². The summed E-state index contributed by atoms with van der Waals surface area (Å²) in [5.41, 5.74) is 1.95. The second-order valence-electron chi connectivity index (χ2n) is 6.19. The third-order valence-electron chi connectivity index (χ3n) is 4.69. The van der Waals surface area contributed by atoms with Gasteiger partial charge in [0.1, 0.15) is 5.75 Å². The number of amides is 1. The number of carbonyl (C=O) groups excluding carboxylic acids is 1. The van der Waals surface area contributed by atoms with Gasteiger partial charge in [-0.15, -0.1) is 0 Å². The van der Waals surface area contributed by atoms with Gasteiger partial charge < -0.3 is 14.7 Å². The average molecular weight is 339 g/mol. The summed E-state index contributed by atoms with van der Waals surface area (Å²) in [7, 11) is 1.58. The molecule has 0 spiro atoms. The Morgan fingerprint density at radius 1 is 1.16 bits per heavy atom. The summed E-state index contributed by atoms with van der Waals surface area (Å²) in [5, 5.41) is 9.56. The van der Waals surface area contributed by atoms with Crippen molar-refractivity contribution in [2.45, 2.75) is 18.9 Å². The van der Waals surface area contributed by atoms with Gasteiger partial charge in [-0.25, -0.2) is 0 Å². The van der Waals surface area contributed by atoms with Gasteiger partial charge in [0.15, 0.2) is 0 Å². The number of ether oxygens (including phenoxy) is 1. The number of benzene rings is 2. The zero-order valence-corrected chi connectivity index (χ0v) is 14.1. The summed E-state index contributed by atoms with van der Waals surface area (Å²) in [5.74, 6) is -1.06. The van der Waals surface area contributed by atoms with Crippen LogP contribution in [-0.4, -0.2) is 35.5 Å². The molecule has 0 radical (unpaired) electrons. The predicted molar refractivity (Wildman–Crippen MR) is 93.3 cm³/mol. The van der Waals surface area contributed by atoms with Crippen LogP contribution in [0, 0.1) is 5.92 Å². The van der Waals surface area contributed by atoms with E-state index in [-0.39, 0.29) is 12.3 Å². The number of aliphatic carboxylic acids is 1. The van der Waals surface area contributed by atoms with Crippen LogP contribution in [0.3, 0.4) is 0 Å². The smallest absolute Gasteiger partial charge is 0.309 e. The van der Waals surface area contributed by atoms with Gasteiger partial charge in [0.25, 0.3) is 0 Å². The van der Waals surface area contributed by atoms with Crippen LogP contribution in [0.15, 0.2) is 54.6 Å². The molecule has 2 atom stereocenters. The first-order chi connectivity index (χ1) is 12.1. The number of carboxylic acids is 1. The number of rotatable bonds is 6. The molecule has 1 saturated heterocycles. The Balaban J connectivity index is 1.84. The number of likely N-dealkylation sites (tertiary alicyclic amines) is 1. The molecule has 0 saturated carbocycles. The van der Waals surface area contributed by atoms with E-state index in [0.29, 0.717) is 18.7 Å². The summed E-state index contributed by atoms with van der Waals surface area (Å²) >= 11 is 0. The van der Waals surface area contributed by atoms with Gasteiger partial charge in [0, 0.05) is 13.0 Å². The zero-order valence-electron chi connectivity index (χ0n) is 14.1. The number of carboxylic acid groups (broad SMARTS) is 1. The van der Waals surface area contributed by atoms with E-state index in [9.17, 15) is 14.7 Å². The van der Waals surface area contributed by atoms with Gasteiger partial charge in [-0.05, 0) is 29.7 Å². The summed E-state index contributed by atoms with van der Waals surface area (Å²) in [6.45, 7) is 0.503. The molecule has 2 aromatic rings. The molecule has 2 aromatic carbocycles. The normalized spacial score (nSPS) is 19.9. The second kappa shape index (κ2) is 7.38. The van der Waals surface area contributed by atoms with E-state index in [1.807, 2.05) is 42.5 Å². The standard InChI is InChI=1S/C20H21NO4/c1-25-16-9-7-15(8-10-16)19-17(20(23)24)13-18(22)21(19)12-11-14-5-3-2-4-6-14/h2-10,17,19H,11-13H2,1H3,(H,23,24)/t17-,19-/m1/s1. The van der Waals surface area contributed by atoms with Crippen molar-refractivity contribution in [1.29, 1.82) is 0 Å². The van der Waals surface area contributed by atoms with E-state index < -0.39 is 17.9 Å². The van der Waals surface area contributed by atoms with E-state index in [4.69, 9.17) is 4.74 Å².